The van der Waals surface area contributed by atoms with Crippen molar-refractivity contribution in [2.75, 3.05) is 26.7 Å². The fraction of sp³-hybridized carbons (Fsp3) is 0.571. The largest absolute Gasteiger partial charge is 0.301 e. The summed E-state index contributed by atoms with van der Waals surface area (Å²) in [5.74, 6) is 0.102. The molecule has 2 rings (SSSR count). The van der Waals surface area contributed by atoms with Crippen molar-refractivity contribution >= 4 is 10.0 Å². The standard InChI is InChI=1S/C14H22N2O2S/c1-12-5-4-6-14(9-12)11-19(17,18)16-8-7-15(3)13(2)10-16/h4-6,9,13H,7-8,10-11H2,1-3H3. The maximum atomic E-state index is 12.4. The van der Waals surface area contributed by atoms with Gasteiger partial charge in [0.15, 0.2) is 0 Å². The summed E-state index contributed by atoms with van der Waals surface area (Å²) < 4.78 is 26.5. The zero-order valence-electron chi connectivity index (χ0n) is 11.8. The second-order valence-corrected chi connectivity index (χ2v) is 7.40. The van der Waals surface area contributed by atoms with E-state index < -0.39 is 10.0 Å². The highest BCUT2D eigenvalue weighted by Crippen LogP contribution is 2.16. The normalized spacial score (nSPS) is 22.6. The molecule has 19 heavy (non-hydrogen) atoms. The number of hydrogen-bond acceptors (Lipinski definition) is 3. The van der Waals surface area contributed by atoms with Crippen molar-refractivity contribution in [3.63, 3.8) is 0 Å². The SMILES string of the molecule is Cc1cccc(CS(=O)(=O)N2CCN(C)C(C)C2)c1. The van der Waals surface area contributed by atoms with Gasteiger partial charge in [-0.15, -0.1) is 0 Å². The van der Waals surface area contributed by atoms with Crippen LogP contribution in [0.15, 0.2) is 24.3 Å². The van der Waals surface area contributed by atoms with E-state index in [-0.39, 0.29) is 11.8 Å². The summed E-state index contributed by atoms with van der Waals surface area (Å²) in [4.78, 5) is 2.19. The molecule has 0 spiro atoms. The van der Waals surface area contributed by atoms with E-state index in [2.05, 4.69) is 11.8 Å². The molecule has 0 saturated carbocycles. The molecular weight excluding hydrogens is 260 g/mol. The molecule has 1 fully saturated rings. The topological polar surface area (TPSA) is 40.6 Å². The second kappa shape index (κ2) is 5.61. The summed E-state index contributed by atoms with van der Waals surface area (Å²) in [6, 6.07) is 7.99. The summed E-state index contributed by atoms with van der Waals surface area (Å²) in [5.41, 5.74) is 1.96. The summed E-state index contributed by atoms with van der Waals surface area (Å²) in [6.45, 7) is 6.02. The van der Waals surface area contributed by atoms with Crippen LogP contribution >= 0.6 is 0 Å². The Morgan fingerprint density at radius 1 is 1.32 bits per heavy atom. The van der Waals surface area contributed by atoms with Crippen LogP contribution in [-0.4, -0.2) is 50.3 Å². The van der Waals surface area contributed by atoms with E-state index in [1.165, 1.54) is 0 Å². The average molecular weight is 282 g/mol. The molecule has 1 atom stereocenters. The van der Waals surface area contributed by atoms with E-state index in [1.54, 1.807) is 4.31 Å². The third-order valence-electron chi connectivity index (χ3n) is 3.75. The van der Waals surface area contributed by atoms with Gasteiger partial charge in [-0.2, -0.15) is 4.31 Å². The van der Waals surface area contributed by atoms with Gasteiger partial charge in [0.2, 0.25) is 10.0 Å². The van der Waals surface area contributed by atoms with Crippen molar-refractivity contribution in [1.29, 1.82) is 0 Å². The lowest BCUT2D eigenvalue weighted by atomic mass is 10.2. The van der Waals surface area contributed by atoms with E-state index in [0.29, 0.717) is 13.1 Å². The van der Waals surface area contributed by atoms with Gasteiger partial charge in [0.1, 0.15) is 0 Å². The van der Waals surface area contributed by atoms with Crippen LogP contribution in [0.3, 0.4) is 0 Å². The Morgan fingerprint density at radius 2 is 2.05 bits per heavy atom. The maximum absolute atomic E-state index is 12.4. The van der Waals surface area contributed by atoms with Gasteiger partial charge >= 0.3 is 0 Å². The maximum Gasteiger partial charge on any atom is 0.218 e. The Hall–Kier alpha value is -0.910. The van der Waals surface area contributed by atoms with Crippen molar-refractivity contribution in [3.05, 3.63) is 35.4 Å². The van der Waals surface area contributed by atoms with Crippen molar-refractivity contribution < 1.29 is 8.42 Å². The summed E-state index contributed by atoms with van der Waals surface area (Å²) in [7, 11) is -1.17. The van der Waals surface area contributed by atoms with E-state index in [4.69, 9.17) is 0 Å². The number of piperazine rings is 1. The third-order valence-corrected chi connectivity index (χ3v) is 5.56. The first kappa shape index (κ1) is 14.5. The summed E-state index contributed by atoms with van der Waals surface area (Å²) in [5, 5.41) is 0. The predicted molar refractivity (Wildman–Crippen MR) is 77.5 cm³/mol. The molecule has 4 nitrogen and oxygen atoms in total. The Kier molecular flexibility index (Phi) is 4.28. The van der Waals surface area contributed by atoms with E-state index in [9.17, 15) is 8.42 Å². The fourth-order valence-corrected chi connectivity index (χ4v) is 3.96. The van der Waals surface area contributed by atoms with Crippen LogP contribution in [0.2, 0.25) is 0 Å². The molecular formula is C14H22N2O2S. The highest BCUT2D eigenvalue weighted by atomic mass is 32.2. The van der Waals surface area contributed by atoms with Gasteiger partial charge in [0, 0.05) is 25.7 Å². The zero-order chi connectivity index (χ0) is 14.0. The van der Waals surface area contributed by atoms with Gasteiger partial charge in [-0.3, -0.25) is 0 Å². The molecule has 0 radical (unpaired) electrons. The molecule has 1 saturated heterocycles. The number of hydrogen-bond donors (Lipinski definition) is 0. The minimum Gasteiger partial charge on any atom is -0.301 e. The third kappa shape index (κ3) is 3.55. The average Bonchev–Trinajstić information content (AvgIpc) is 2.32. The predicted octanol–water partition coefficient (Wildman–Crippen LogP) is 1.46. The molecule has 1 heterocycles. The molecule has 0 N–H and O–H groups in total. The first-order valence-corrected chi connectivity index (χ1v) is 8.23. The Balaban J connectivity index is 2.10. The number of nitrogens with zero attached hydrogens (tertiary/aromatic N) is 2. The van der Waals surface area contributed by atoms with Crippen LogP contribution in [0.5, 0.6) is 0 Å². The smallest absolute Gasteiger partial charge is 0.218 e. The number of rotatable bonds is 3. The van der Waals surface area contributed by atoms with Crippen molar-refractivity contribution in [2.24, 2.45) is 0 Å². The van der Waals surface area contributed by atoms with Crippen LogP contribution in [0, 0.1) is 6.92 Å². The van der Waals surface area contributed by atoms with Gasteiger partial charge < -0.3 is 4.90 Å². The van der Waals surface area contributed by atoms with E-state index in [0.717, 1.165) is 17.7 Å². The van der Waals surface area contributed by atoms with Crippen molar-refractivity contribution in [2.45, 2.75) is 25.6 Å². The van der Waals surface area contributed by atoms with Gasteiger partial charge in [0.05, 0.1) is 5.75 Å². The van der Waals surface area contributed by atoms with Crippen LogP contribution < -0.4 is 0 Å². The molecule has 1 aromatic rings. The Morgan fingerprint density at radius 3 is 2.68 bits per heavy atom. The van der Waals surface area contributed by atoms with Crippen LogP contribution in [0.4, 0.5) is 0 Å². The highest BCUT2D eigenvalue weighted by Gasteiger charge is 2.29. The summed E-state index contributed by atoms with van der Waals surface area (Å²) >= 11 is 0. The van der Waals surface area contributed by atoms with Crippen LogP contribution in [0.1, 0.15) is 18.1 Å². The number of sulfonamides is 1. The lowest BCUT2D eigenvalue weighted by Gasteiger charge is -2.36. The van der Waals surface area contributed by atoms with Gasteiger partial charge in [-0.25, -0.2) is 8.42 Å². The molecule has 1 aromatic carbocycles. The highest BCUT2D eigenvalue weighted by molar-refractivity contribution is 7.88. The number of likely N-dealkylation sites (N-methyl/N-ethyl adjacent to an activating group) is 1. The molecule has 0 aromatic heterocycles. The molecule has 1 aliphatic rings. The number of benzene rings is 1. The molecule has 1 unspecified atom stereocenters. The van der Waals surface area contributed by atoms with Crippen molar-refractivity contribution in [1.82, 2.24) is 9.21 Å². The molecule has 106 valence electrons. The van der Waals surface area contributed by atoms with E-state index in [1.807, 2.05) is 38.2 Å². The zero-order valence-corrected chi connectivity index (χ0v) is 12.7. The minimum atomic E-state index is -3.20. The lowest BCUT2D eigenvalue weighted by molar-refractivity contribution is 0.159. The van der Waals surface area contributed by atoms with Gasteiger partial charge in [-0.05, 0) is 26.5 Å². The van der Waals surface area contributed by atoms with Crippen LogP contribution in [0.25, 0.3) is 0 Å². The van der Waals surface area contributed by atoms with Crippen LogP contribution in [-0.2, 0) is 15.8 Å². The van der Waals surface area contributed by atoms with Crippen molar-refractivity contribution in [3.8, 4) is 0 Å². The number of aryl methyl sites for hydroxylation is 1. The quantitative estimate of drug-likeness (QED) is 0.843. The molecule has 0 aliphatic carbocycles. The molecule has 0 bridgehead atoms. The summed E-state index contributed by atoms with van der Waals surface area (Å²) in [6.07, 6.45) is 0. The second-order valence-electron chi connectivity index (χ2n) is 5.43. The monoisotopic (exact) mass is 282 g/mol. The fourth-order valence-electron chi connectivity index (χ4n) is 2.37. The lowest BCUT2D eigenvalue weighted by Crippen LogP contribution is -2.52. The molecule has 5 heteroatoms. The first-order valence-electron chi connectivity index (χ1n) is 6.62. The Labute approximate surface area is 116 Å². The Bertz CT molecular complexity index is 542. The molecule has 0 amide bonds. The van der Waals surface area contributed by atoms with E-state index >= 15 is 0 Å². The van der Waals surface area contributed by atoms with Gasteiger partial charge in [0.25, 0.3) is 0 Å². The first-order chi connectivity index (χ1) is 8.88. The molecule has 1 aliphatic heterocycles. The minimum absolute atomic E-state index is 0.102. The van der Waals surface area contributed by atoms with Gasteiger partial charge in [-0.1, -0.05) is 29.8 Å².